The zero-order valence-electron chi connectivity index (χ0n) is 17.1. The zero-order chi connectivity index (χ0) is 18.9. The fourth-order valence-corrected chi connectivity index (χ4v) is 4.70. The first kappa shape index (κ1) is 21.7. The lowest BCUT2D eigenvalue weighted by atomic mass is 9.89. The maximum Gasteiger partial charge on any atom is 0.303 e. The molecule has 2 aliphatic carbocycles. The van der Waals surface area contributed by atoms with Gasteiger partial charge in [-0.25, -0.2) is 0 Å². The molecular weight excluding hydrogens is 324 g/mol. The first-order chi connectivity index (χ1) is 12.5. The molecule has 0 aromatic carbocycles. The molecule has 2 N–H and O–H groups in total. The highest BCUT2D eigenvalue weighted by molar-refractivity contribution is 5.66. The minimum absolute atomic E-state index is 0.107. The predicted octanol–water partition coefficient (Wildman–Crippen LogP) is 6.47. The molecule has 152 valence electrons. The van der Waals surface area contributed by atoms with Crippen molar-refractivity contribution in [2.45, 2.75) is 129 Å². The minimum atomic E-state index is -0.670. The fraction of sp³-hybridized carbons (Fsp3) is 0.957. The number of rotatable bonds is 17. The molecule has 0 bridgehead atoms. The lowest BCUT2D eigenvalue weighted by Crippen LogP contribution is -2.10. The molecule has 0 aromatic heterocycles. The molecule has 1 unspecified atom stereocenters. The van der Waals surface area contributed by atoms with Crippen LogP contribution < -0.4 is 0 Å². The van der Waals surface area contributed by atoms with Gasteiger partial charge in [-0.05, 0) is 81.5 Å². The number of carbonyl (C=O) groups is 1. The first-order valence-corrected chi connectivity index (χ1v) is 11.4. The van der Waals surface area contributed by atoms with Gasteiger partial charge in [-0.15, -0.1) is 0 Å². The van der Waals surface area contributed by atoms with Crippen LogP contribution in [0.25, 0.3) is 0 Å². The standard InChI is InChI=1S/C23H42O3/c1-2-3-5-12-22(16-17-22)14-7-9-20(24)10-8-15-23(18-19-23)13-6-4-11-21(25)26/h20,24H,2-19H2,1H3,(H,25,26). The monoisotopic (exact) mass is 366 g/mol. The van der Waals surface area contributed by atoms with E-state index in [2.05, 4.69) is 6.92 Å². The van der Waals surface area contributed by atoms with Gasteiger partial charge < -0.3 is 10.2 Å². The number of aliphatic hydroxyl groups is 1. The second-order valence-corrected chi connectivity index (χ2v) is 9.50. The number of aliphatic carboxylic acids is 1. The summed E-state index contributed by atoms with van der Waals surface area (Å²) in [6.45, 7) is 2.28. The van der Waals surface area contributed by atoms with Crippen LogP contribution >= 0.6 is 0 Å². The highest BCUT2D eigenvalue weighted by atomic mass is 16.4. The molecule has 0 saturated heterocycles. The van der Waals surface area contributed by atoms with Crippen molar-refractivity contribution in [3.8, 4) is 0 Å². The van der Waals surface area contributed by atoms with Crippen molar-refractivity contribution < 1.29 is 15.0 Å². The number of carboxylic acid groups (broad SMARTS) is 1. The van der Waals surface area contributed by atoms with Crippen molar-refractivity contribution in [2.24, 2.45) is 10.8 Å². The molecule has 0 heterocycles. The van der Waals surface area contributed by atoms with Crippen LogP contribution in [0, 0.1) is 10.8 Å². The second kappa shape index (κ2) is 10.7. The van der Waals surface area contributed by atoms with Crippen molar-refractivity contribution in [1.29, 1.82) is 0 Å². The van der Waals surface area contributed by atoms with Crippen molar-refractivity contribution in [3.63, 3.8) is 0 Å². The Kier molecular flexibility index (Phi) is 8.93. The van der Waals surface area contributed by atoms with Crippen LogP contribution in [0.3, 0.4) is 0 Å². The molecule has 3 heteroatoms. The molecule has 2 rings (SSSR count). The third-order valence-electron chi connectivity index (χ3n) is 7.06. The van der Waals surface area contributed by atoms with E-state index in [1.807, 2.05) is 0 Å². The Morgan fingerprint density at radius 2 is 1.27 bits per heavy atom. The summed E-state index contributed by atoms with van der Waals surface area (Å²) >= 11 is 0. The number of hydrogen-bond acceptors (Lipinski definition) is 2. The molecule has 0 radical (unpaired) electrons. The van der Waals surface area contributed by atoms with Gasteiger partial charge >= 0.3 is 5.97 Å². The Morgan fingerprint density at radius 3 is 1.69 bits per heavy atom. The average Bonchev–Trinajstić information content (AvgIpc) is 3.51. The van der Waals surface area contributed by atoms with E-state index in [1.165, 1.54) is 77.0 Å². The molecule has 0 amide bonds. The van der Waals surface area contributed by atoms with Crippen LogP contribution in [0.5, 0.6) is 0 Å². The summed E-state index contributed by atoms with van der Waals surface area (Å²) in [5, 5.41) is 19.0. The molecule has 0 aliphatic heterocycles. The predicted molar refractivity (Wildman–Crippen MR) is 107 cm³/mol. The van der Waals surface area contributed by atoms with E-state index in [9.17, 15) is 9.90 Å². The van der Waals surface area contributed by atoms with E-state index in [4.69, 9.17) is 5.11 Å². The average molecular weight is 367 g/mol. The fourth-order valence-electron chi connectivity index (χ4n) is 4.70. The number of hydrogen-bond donors (Lipinski definition) is 2. The molecule has 0 spiro atoms. The van der Waals surface area contributed by atoms with Gasteiger partial charge in [0, 0.05) is 6.42 Å². The normalized spacial score (nSPS) is 20.7. The van der Waals surface area contributed by atoms with Crippen LogP contribution in [-0.4, -0.2) is 22.3 Å². The van der Waals surface area contributed by atoms with E-state index in [-0.39, 0.29) is 6.10 Å². The van der Waals surface area contributed by atoms with Crippen LogP contribution in [0.2, 0.25) is 0 Å². The van der Waals surface area contributed by atoms with Crippen molar-refractivity contribution in [1.82, 2.24) is 0 Å². The highest BCUT2D eigenvalue weighted by Crippen LogP contribution is 2.54. The summed E-state index contributed by atoms with van der Waals surface area (Å²) in [6.07, 6.45) is 21.1. The topological polar surface area (TPSA) is 57.5 Å². The molecular formula is C23H42O3. The summed E-state index contributed by atoms with van der Waals surface area (Å²) < 4.78 is 0. The van der Waals surface area contributed by atoms with E-state index in [0.29, 0.717) is 17.3 Å². The summed E-state index contributed by atoms with van der Waals surface area (Å²) in [6, 6.07) is 0. The summed E-state index contributed by atoms with van der Waals surface area (Å²) in [5.41, 5.74) is 1.18. The van der Waals surface area contributed by atoms with Gasteiger partial charge in [-0.3, -0.25) is 4.79 Å². The molecule has 2 aliphatic rings. The molecule has 3 nitrogen and oxygen atoms in total. The molecule has 0 aromatic rings. The second-order valence-electron chi connectivity index (χ2n) is 9.50. The van der Waals surface area contributed by atoms with Gasteiger partial charge in [0.2, 0.25) is 0 Å². The first-order valence-electron chi connectivity index (χ1n) is 11.4. The van der Waals surface area contributed by atoms with Gasteiger partial charge in [0.1, 0.15) is 0 Å². The number of unbranched alkanes of at least 4 members (excludes halogenated alkanes) is 3. The van der Waals surface area contributed by atoms with E-state index < -0.39 is 5.97 Å². The Morgan fingerprint density at radius 1 is 0.808 bits per heavy atom. The smallest absolute Gasteiger partial charge is 0.303 e. The molecule has 26 heavy (non-hydrogen) atoms. The van der Waals surface area contributed by atoms with Gasteiger partial charge in [0.25, 0.3) is 0 Å². The minimum Gasteiger partial charge on any atom is -0.481 e. The lowest BCUT2D eigenvalue weighted by molar-refractivity contribution is -0.137. The Bertz CT molecular complexity index is 410. The van der Waals surface area contributed by atoms with Gasteiger partial charge in [0.15, 0.2) is 0 Å². The third-order valence-corrected chi connectivity index (χ3v) is 7.06. The molecule has 2 fully saturated rings. The van der Waals surface area contributed by atoms with Gasteiger partial charge in [0.05, 0.1) is 6.10 Å². The van der Waals surface area contributed by atoms with Gasteiger partial charge in [-0.1, -0.05) is 45.4 Å². The molecule has 1 atom stereocenters. The van der Waals surface area contributed by atoms with Crippen molar-refractivity contribution >= 4 is 5.97 Å². The number of carboxylic acids is 1. The molecule has 2 saturated carbocycles. The largest absolute Gasteiger partial charge is 0.481 e. The van der Waals surface area contributed by atoms with Crippen molar-refractivity contribution in [3.05, 3.63) is 0 Å². The SMILES string of the molecule is CCCCCC1(CCCC(O)CCCC2(CCCCC(=O)O)CC2)CC1. The quantitative estimate of drug-likeness (QED) is 0.290. The summed E-state index contributed by atoms with van der Waals surface area (Å²) in [4.78, 5) is 10.6. The van der Waals surface area contributed by atoms with Crippen LogP contribution in [-0.2, 0) is 4.79 Å². The maximum absolute atomic E-state index is 10.6. The van der Waals surface area contributed by atoms with E-state index in [1.54, 1.807) is 0 Å². The summed E-state index contributed by atoms with van der Waals surface area (Å²) in [7, 11) is 0. The maximum atomic E-state index is 10.6. The van der Waals surface area contributed by atoms with E-state index in [0.717, 1.165) is 32.1 Å². The number of aliphatic hydroxyl groups excluding tert-OH is 1. The summed E-state index contributed by atoms with van der Waals surface area (Å²) in [5.74, 6) is -0.670. The van der Waals surface area contributed by atoms with Crippen LogP contribution in [0.15, 0.2) is 0 Å². The van der Waals surface area contributed by atoms with Crippen LogP contribution in [0.1, 0.15) is 122 Å². The van der Waals surface area contributed by atoms with Crippen LogP contribution in [0.4, 0.5) is 0 Å². The lowest BCUT2D eigenvalue weighted by Gasteiger charge is -2.18. The highest BCUT2D eigenvalue weighted by Gasteiger charge is 2.41. The Hall–Kier alpha value is -0.570. The van der Waals surface area contributed by atoms with Crippen molar-refractivity contribution in [2.75, 3.05) is 0 Å². The zero-order valence-corrected chi connectivity index (χ0v) is 17.1. The third kappa shape index (κ3) is 8.41. The Balaban J connectivity index is 1.47. The van der Waals surface area contributed by atoms with E-state index >= 15 is 0 Å². The van der Waals surface area contributed by atoms with Gasteiger partial charge in [-0.2, -0.15) is 0 Å². The Labute approximate surface area is 161 Å².